The van der Waals surface area contributed by atoms with Gasteiger partial charge in [0.25, 0.3) is 0 Å². The van der Waals surface area contributed by atoms with Crippen LogP contribution < -0.4 is 0 Å². The summed E-state index contributed by atoms with van der Waals surface area (Å²) >= 11 is 0. The fraction of sp³-hybridized carbons (Fsp3) is 0.647. The Hall–Kier alpha value is -1.42. The van der Waals surface area contributed by atoms with Crippen LogP contribution in [-0.2, 0) is 11.3 Å². The minimum atomic E-state index is 0.341. The molecule has 3 heterocycles. The minimum absolute atomic E-state index is 0.341. The number of pyridine rings is 1. The van der Waals surface area contributed by atoms with Crippen LogP contribution in [-0.4, -0.2) is 46.9 Å². The van der Waals surface area contributed by atoms with E-state index >= 15 is 0 Å². The molecule has 4 nitrogen and oxygen atoms in total. The Morgan fingerprint density at radius 1 is 1.24 bits per heavy atom. The van der Waals surface area contributed by atoms with Crippen LogP contribution in [0, 0.1) is 23.7 Å². The Bertz CT molecular complexity index is 518. The summed E-state index contributed by atoms with van der Waals surface area (Å²) in [5.74, 6) is 2.73. The smallest absolute Gasteiger partial charge is 0.225 e. The fourth-order valence-electron chi connectivity index (χ4n) is 4.02. The second-order valence-electron chi connectivity index (χ2n) is 7.10. The molecule has 1 aromatic heterocycles. The molecule has 1 aromatic rings. The van der Waals surface area contributed by atoms with Crippen molar-refractivity contribution in [1.82, 2.24) is 14.8 Å². The summed E-state index contributed by atoms with van der Waals surface area (Å²) in [5, 5.41) is 0. The second kappa shape index (κ2) is 5.09. The van der Waals surface area contributed by atoms with Gasteiger partial charge in [-0.2, -0.15) is 0 Å². The predicted molar refractivity (Wildman–Crippen MR) is 80.3 cm³/mol. The van der Waals surface area contributed by atoms with E-state index < -0.39 is 0 Å². The maximum Gasteiger partial charge on any atom is 0.225 e. The monoisotopic (exact) mass is 285 g/mol. The number of likely N-dealkylation sites (tertiary alicyclic amines) is 2. The van der Waals surface area contributed by atoms with Crippen LogP contribution in [0.25, 0.3) is 0 Å². The number of hydrogen-bond acceptors (Lipinski definition) is 3. The molecule has 0 N–H and O–H groups in total. The Morgan fingerprint density at radius 2 is 1.95 bits per heavy atom. The number of carbonyl (C=O) groups excluding carboxylic acids is 1. The maximum absolute atomic E-state index is 12.3. The van der Waals surface area contributed by atoms with Gasteiger partial charge in [-0.15, -0.1) is 0 Å². The van der Waals surface area contributed by atoms with E-state index in [-0.39, 0.29) is 0 Å². The number of aromatic nitrogens is 1. The molecular formula is C17H23N3O. The van der Waals surface area contributed by atoms with Crippen molar-refractivity contribution in [3.8, 4) is 0 Å². The lowest BCUT2D eigenvalue weighted by molar-refractivity contribution is -0.132. The Balaban J connectivity index is 1.32. The topological polar surface area (TPSA) is 36.4 Å². The van der Waals surface area contributed by atoms with Crippen molar-refractivity contribution in [2.45, 2.75) is 19.9 Å². The van der Waals surface area contributed by atoms with Crippen molar-refractivity contribution in [3.63, 3.8) is 0 Å². The van der Waals surface area contributed by atoms with Crippen molar-refractivity contribution < 1.29 is 4.79 Å². The first-order valence-electron chi connectivity index (χ1n) is 8.12. The van der Waals surface area contributed by atoms with Gasteiger partial charge < -0.3 is 4.90 Å². The molecular weight excluding hydrogens is 262 g/mol. The molecule has 3 fully saturated rings. The van der Waals surface area contributed by atoms with Gasteiger partial charge in [-0.05, 0) is 36.3 Å². The van der Waals surface area contributed by atoms with Crippen LogP contribution in [0.4, 0.5) is 0 Å². The van der Waals surface area contributed by atoms with E-state index in [4.69, 9.17) is 0 Å². The van der Waals surface area contributed by atoms with Crippen LogP contribution in [0.2, 0.25) is 0 Å². The highest BCUT2D eigenvalue weighted by Gasteiger charge is 2.47. The molecule has 112 valence electrons. The highest BCUT2D eigenvalue weighted by atomic mass is 16.2. The van der Waals surface area contributed by atoms with Crippen LogP contribution in [0.5, 0.6) is 0 Å². The highest BCUT2D eigenvalue weighted by molar-refractivity contribution is 5.81. The molecule has 0 bridgehead atoms. The summed E-state index contributed by atoms with van der Waals surface area (Å²) in [7, 11) is 0. The van der Waals surface area contributed by atoms with Crippen LogP contribution in [0.15, 0.2) is 24.4 Å². The van der Waals surface area contributed by atoms with Crippen molar-refractivity contribution in [3.05, 3.63) is 30.1 Å². The lowest BCUT2D eigenvalue weighted by atomic mass is 10.0. The third-order valence-electron chi connectivity index (χ3n) is 5.41. The third-order valence-corrected chi connectivity index (χ3v) is 5.41. The molecule has 1 aliphatic carbocycles. The van der Waals surface area contributed by atoms with Gasteiger partial charge in [0.2, 0.25) is 5.91 Å². The zero-order chi connectivity index (χ0) is 14.4. The van der Waals surface area contributed by atoms with Crippen molar-refractivity contribution >= 4 is 5.91 Å². The summed E-state index contributed by atoms with van der Waals surface area (Å²) in [6.45, 7) is 7.32. The standard InChI is InChI=1S/C17H23N3O/c1-12-6-16(12)17(21)20-9-13-7-19(8-14(13)10-20)11-15-4-2-3-5-18-15/h2-5,12-14,16H,6-11H2,1H3/t12-,13-,14+,16+/m1/s1. The molecule has 2 aliphatic heterocycles. The van der Waals surface area contributed by atoms with Crippen molar-refractivity contribution in [2.75, 3.05) is 26.2 Å². The Labute approximate surface area is 126 Å². The molecule has 1 saturated carbocycles. The molecule has 4 rings (SSSR count). The van der Waals surface area contributed by atoms with Crippen molar-refractivity contribution in [2.24, 2.45) is 23.7 Å². The molecule has 1 amide bonds. The SMILES string of the molecule is C[C@@H]1C[C@@H]1C(=O)N1C[C@H]2CN(Cc3ccccn3)C[C@H]2C1. The first kappa shape index (κ1) is 13.3. The summed E-state index contributed by atoms with van der Waals surface area (Å²) in [5.41, 5.74) is 1.15. The summed E-state index contributed by atoms with van der Waals surface area (Å²) in [6, 6.07) is 6.11. The van der Waals surface area contributed by atoms with E-state index in [1.54, 1.807) is 0 Å². The molecule has 0 radical (unpaired) electrons. The molecule has 0 unspecified atom stereocenters. The van der Waals surface area contributed by atoms with Gasteiger partial charge in [0.15, 0.2) is 0 Å². The van der Waals surface area contributed by atoms with E-state index in [1.165, 1.54) is 0 Å². The lowest BCUT2D eigenvalue weighted by Gasteiger charge is -2.21. The molecule has 0 spiro atoms. The summed E-state index contributed by atoms with van der Waals surface area (Å²) < 4.78 is 0. The second-order valence-corrected chi connectivity index (χ2v) is 7.10. The molecule has 4 heteroatoms. The summed E-state index contributed by atoms with van der Waals surface area (Å²) in [6.07, 6.45) is 2.97. The highest BCUT2D eigenvalue weighted by Crippen LogP contribution is 2.41. The van der Waals surface area contributed by atoms with Gasteiger partial charge in [0.05, 0.1) is 5.69 Å². The minimum Gasteiger partial charge on any atom is -0.342 e. The largest absolute Gasteiger partial charge is 0.342 e. The van der Waals surface area contributed by atoms with E-state index in [0.717, 1.165) is 44.8 Å². The van der Waals surface area contributed by atoms with Crippen LogP contribution in [0.3, 0.4) is 0 Å². The van der Waals surface area contributed by atoms with Crippen LogP contribution >= 0.6 is 0 Å². The van der Waals surface area contributed by atoms with Gasteiger partial charge in [-0.25, -0.2) is 0 Å². The number of fused-ring (bicyclic) bond motifs is 1. The van der Waals surface area contributed by atoms with Gasteiger partial charge in [-0.1, -0.05) is 13.0 Å². The molecule has 0 aromatic carbocycles. The number of nitrogens with zero attached hydrogens (tertiary/aromatic N) is 3. The number of hydrogen-bond donors (Lipinski definition) is 0. The average Bonchev–Trinajstić information content (AvgIpc) is 2.90. The summed E-state index contributed by atoms with van der Waals surface area (Å²) in [4.78, 5) is 21.4. The van der Waals surface area contributed by atoms with E-state index in [2.05, 4.69) is 33.8 Å². The zero-order valence-corrected chi connectivity index (χ0v) is 12.6. The molecule has 21 heavy (non-hydrogen) atoms. The third kappa shape index (κ3) is 2.57. The van der Waals surface area contributed by atoms with Crippen molar-refractivity contribution in [1.29, 1.82) is 0 Å². The fourth-order valence-corrected chi connectivity index (χ4v) is 4.02. The van der Waals surface area contributed by atoms with Gasteiger partial charge in [0.1, 0.15) is 0 Å². The number of rotatable bonds is 3. The van der Waals surface area contributed by atoms with E-state index in [1.807, 2.05) is 12.3 Å². The first-order chi connectivity index (χ1) is 10.2. The first-order valence-corrected chi connectivity index (χ1v) is 8.12. The predicted octanol–water partition coefficient (Wildman–Crippen LogP) is 1.63. The van der Waals surface area contributed by atoms with Gasteiger partial charge >= 0.3 is 0 Å². The Morgan fingerprint density at radius 3 is 2.52 bits per heavy atom. The van der Waals surface area contributed by atoms with Gasteiger partial charge in [0, 0.05) is 44.8 Å². The lowest BCUT2D eigenvalue weighted by Crippen LogP contribution is -2.34. The zero-order valence-electron chi connectivity index (χ0n) is 12.6. The van der Waals surface area contributed by atoms with E-state index in [9.17, 15) is 4.79 Å². The molecule has 2 saturated heterocycles. The van der Waals surface area contributed by atoms with Gasteiger partial charge in [-0.3, -0.25) is 14.7 Å². The molecule has 3 aliphatic rings. The number of carbonyl (C=O) groups is 1. The van der Waals surface area contributed by atoms with E-state index in [0.29, 0.717) is 29.6 Å². The number of amides is 1. The Kier molecular flexibility index (Phi) is 3.21. The van der Waals surface area contributed by atoms with Crippen LogP contribution in [0.1, 0.15) is 19.0 Å². The quantitative estimate of drug-likeness (QED) is 0.847. The normalized spacial score (nSPS) is 35.0. The average molecular weight is 285 g/mol. The molecule has 4 atom stereocenters. The maximum atomic E-state index is 12.3.